The first-order valence-corrected chi connectivity index (χ1v) is 6.11. The maximum atomic E-state index is 10.7. The van der Waals surface area contributed by atoms with Gasteiger partial charge in [-0.1, -0.05) is 31.7 Å². The van der Waals surface area contributed by atoms with Gasteiger partial charge >= 0.3 is 0 Å². The molecule has 0 aliphatic rings. The van der Waals surface area contributed by atoms with Gasteiger partial charge in [0.15, 0.2) is 0 Å². The Morgan fingerprint density at radius 1 is 1.26 bits per heavy atom. The van der Waals surface area contributed by atoms with Crippen molar-refractivity contribution in [2.24, 2.45) is 11.8 Å². The van der Waals surface area contributed by atoms with Gasteiger partial charge in [0.1, 0.15) is 18.7 Å². The number of rotatable bonds is 9. The predicted molar refractivity (Wildman–Crippen MR) is 75.5 cm³/mol. The summed E-state index contributed by atoms with van der Waals surface area (Å²) in [5.74, 6) is -0.278. The van der Waals surface area contributed by atoms with Crippen LogP contribution in [0.5, 0.6) is 0 Å². The maximum absolute atomic E-state index is 10.7. The van der Waals surface area contributed by atoms with Gasteiger partial charge in [-0.25, -0.2) is 0 Å². The molecule has 0 bridgehead atoms. The minimum Gasteiger partial charge on any atom is -0.509 e. The second-order valence-corrected chi connectivity index (χ2v) is 4.30. The molecule has 0 aliphatic heterocycles. The van der Waals surface area contributed by atoms with Crippen LogP contribution in [-0.2, 0) is 9.53 Å². The fourth-order valence-corrected chi connectivity index (χ4v) is 1.12. The van der Waals surface area contributed by atoms with Crippen LogP contribution in [0.15, 0.2) is 49.0 Å². The summed E-state index contributed by atoms with van der Waals surface area (Å²) in [6.07, 6.45) is 9.94. The largest absolute Gasteiger partial charge is 0.509 e. The average Bonchev–Trinajstić information content (AvgIpc) is 2.35. The smallest absolute Gasteiger partial charge is 0.130 e. The first-order chi connectivity index (χ1) is 8.95. The molecule has 106 valence electrons. The third-order valence-corrected chi connectivity index (χ3v) is 2.17. The van der Waals surface area contributed by atoms with Crippen LogP contribution in [0.4, 0.5) is 0 Å². The molecule has 0 aromatic rings. The number of hydrogen-bond donors (Lipinski definition) is 2. The van der Waals surface area contributed by atoms with Crippen LogP contribution < -0.4 is 0 Å². The molecule has 0 aliphatic carbocycles. The lowest BCUT2D eigenvalue weighted by Gasteiger charge is -2.05. The van der Waals surface area contributed by atoms with Crippen molar-refractivity contribution in [2.75, 3.05) is 6.61 Å². The number of allylic oxidation sites excluding steroid dienone is 3. The van der Waals surface area contributed by atoms with Crippen molar-refractivity contribution in [3.05, 3.63) is 49.0 Å². The Morgan fingerprint density at radius 2 is 1.95 bits per heavy atom. The standard InChI is InChI=1S/C15H22O4/c1-12(4-5-13(2)17)8-9-19-11-15(10-16)7-6-14(3)18/h4-10,12,14-15,17-18H,2,11H2,1,3H3/b5-4-,7-6-,9-8+. The summed E-state index contributed by atoms with van der Waals surface area (Å²) >= 11 is 0. The van der Waals surface area contributed by atoms with Crippen molar-refractivity contribution >= 4 is 6.29 Å². The maximum Gasteiger partial charge on any atom is 0.130 e. The Morgan fingerprint density at radius 3 is 2.47 bits per heavy atom. The van der Waals surface area contributed by atoms with E-state index < -0.39 is 6.10 Å². The Labute approximate surface area is 114 Å². The zero-order valence-electron chi connectivity index (χ0n) is 11.4. The zero-order chi connectivity index (χ0) is 14.7. The molecule has 0 heterocycles. The minimum atomic E-state index is -0.574. The van der Waals surface area contributed by atoms with Crippen LogP contribution in [0.2, 0.25) is 0 Å². The van der Waals surface area contributed by atoms with E-state index in [1.54, 1.807) is 31.2 Å². The number of aldehydes is 1. The second kappa shape index (κ2) is 10.1. The number of aliphatic hydroxyl groups is 2. The van der Waals surface area contributed by atoms with E-state index in [1.165, 1.54) is 12.3 Å². The van der Waals surface area contributed by atoms with E-state index >= 15 is 0 Å². The van der Waals surface area contributed by atoms with Gasteiger partial charge < -0.3 is 19.7 Å². The number of carbonyl (C=O) groups excluding carboxylic acids is 1. The molecule has 0 fully saturated rings. The monoisotopic (exact) mass is 266 g/mol. The van der Waals surface area contributed by atoms with Crippen LogP contribution in [-0.4, -0.2) is 29.2 Å². The van der Waals surface area contributed by atoms with Crippen molar-refractivity contribution < 1.29 is 19.7 Å². The van der Waals surface area contributed by atoms with Gasteiger partial charge in [-0.2, -0.15) is 0 Å². The Hall–Kier alpha value is -1.81. The summed E-state index contributed by atoms with van der Waals surface area (Å²) in [4.78, 5) is 10.7. The SMILES string of the molecule is C=C(O)/C=C\C(C)/C=C/OCC(C=O)/C=C\C(C)O. The van der Waals surface area contributed by atoms with Crippen LogP contribution in [0.25, 0.3) is 0 Å². The van der Waals surface area contributed by atoms with Crippen LogP contribution in [0.3, 0.4) is 0 Å². The summed E-state index contributed by atoms with van der Waals surface area (Å²) in [7, 11) is 0. The van der Waals surface area contributed by atoms with Crippen LogP contribution in [0.1, 0.15) is 13.8 Å². The van der Waals surface area contributed by atoms with E-state index in [1.807, 2.05) is 6.92 Å². The summed E-state index contributed by atoms with van der Waals surface area (Å²) < 4.78 is 5.23. The third-order valence-electron chi connectivity index (χ3n) is 2.17. The van der Waals surface area contributed by atoms with E-state index in [-0.39, 0.29) is 24.2 Å². The highest BCUT2D eigenvalue weighted by Crippen LogP contribution is 2.03. The Kier molecular flexibility index (Phi) is 9.18. The normalized spacial score (nSPS) is 16.8. The zero-order valence-corrected chi connectivity index (χ0v) is 11.4. The predicted octanol–water partition coefficient (Wildman–Crippen LogP) is 2.53. The average molecular weight is 266 g/mol. The molecule has 19 heavy (non-hydrogen) atoms. The fraction of sp³-hybridized carbons (Fsp3) is 0.400. The highest BCUT2D eigenvalue weighted by Gasteiger charge is 2.02. The molecule has 0 rings (SSSR count). The Balaban J connectivity index is 4.05. The summed E-state index contributed by atoms with van der Waals surface area (Å²) in [6, 6.07) is 0. The molecule has 2 N–H and O–H groups in total. The molecular formula is C15H22O4. The van der Waals surface area contributed by atoms with Crippen molar-refractivity contribution in [1.82, 2.24) is 0 Å². The summed E-state index contributed by atoms with van der Waals surface area (Å²) in [5.41, 5.74) is 0. The lowest BCUT2D eigenvalue weighted by molar-refractivity contribution is -0.110. The van der Waals surface area contributed by atoms with Crippen molar-refractivity contribution in [1.29, 1.82) is 0 Å². The lowest BCUT2D eigenvalue weighted by Crippen LogP contribution is -2.07. The van der Waals surface area contributed by atoms with Crippen molar-refractivity contribution in [2.45, 2.75) is 20.0 Å². The second-order valence-electron chi connectivity index (χ2n) is 4.30. The molecule has 0 aromatic carbocycles. The molecule has 0 radical (unpaired) electrons. The number of aliphatic hydroxyl groups excluding tert-OH is 2. The third kappa shape index (κ3) is 11.0. The minimum absolute atomic E-state index is 0.00504. The van der Waals surface area contributed by atoms with E-state index in [0.717, 1.165) is 6.29 Å². The molecule has 4 nitrogen and oxygen atoms in total. The van der Waals surface area contributed by atoms with Gasteiger partial charge in [0.05, 0.1) is 18.3 Å². The molecule has 0 spiro atoms. The van der Waals surface area contributed by atoms with Gasteiger partial charge in [0, 0.05) is 0 Å². The van der Waals surface area contributed by atoms with Crippen LogP contribution >= 0.6 is 0 Å². The number of ether oxygens (including phenoxy) is 1. The molecule has 0 saturated carbocycles. The number of hydrogen-bond acceptors (Lipinski definition) is 4. The van der Waals surface area contributed by atoms with Crippen molar-refractivity contribution in [3.8, 4) is 0 Å². The first kappa shape index (κ1) is 17.2. The quantitative estimate of drug-likeness (QED) is 0.291. The molecule has 0 saturated heterocycles. The molecule has 4 heteroatoms. The fourth-order valence-electron chi connectivity index (χ4n) is 1.12. The van der Waals surface area contributed by atoms with Gasteiger partial charge in [0.2, 0.25) is 0 Å². The highest BCUT2D eigenvalue weighted by molar-refractivity contribution is 5.56. The lowest BCUT2D eigenvalue weighted by atomic mass is 10.1. The van der Waals surface area contributed by atoms with E-state index in [2.05, 4.69) is 6.58 Å². The van der Waals surface area contributed by atoms with Crippen molar-refractivity contribution in [3.63, 3.8) is 0 Å². The topological polar surface area (TPSA) is 66.8 Å². The summed E-state index contributed by atoms with van der Waals surface area (Å²) in [6.45, 7) is 7.10. The summed E-state index contributed by atoms with van der Waals surface area (Å²) in [5, 5.41) is 17.9. The molecule has 0 aromatic heterocycles. The van der Waals surface area contributed by atoms with Gasteiger partial charge in [0.25, 0.3) is 0 Å². The molecule has 3 unspecified atom stereocenters. The molecular weight excluding hydrogens is 244 g/mol. The first-order valence-electron chi connectivity index (χ1n) is 6.11. The van der Waals surface area contributed by atoms with Gasteiger partial charge in [-0.05, 0) is 25.0 Å². The van der Waals surface area contributed by atoms with Gasteiger partial charge in [-0.3, -0.25) is 0 Å². The van der Waals surface area contributed by atoms with Crippen LogP contribution in [0, 0.1) is 11.8 Å². The molecule has 0 amide bonds. The Bertz CT molecular complexity index is 353. The molecule has 3 atom stereocenters. The van der Waals surface area contributed by atoms with E-state index in [9.17, 15) is 4.79 Å². The highest BCUT2D eigenvalue weighted by atomic mass is 16.5. The van der Waals surface area contributed by atoms with E-state index in [4.69, 9.17) is 14.9 Å². The van der Waals surface area contributed by atoms with E-state index in [0.29, 0.717) is 0 Å². The van der Waals surface area contributed by atoms with Gasteiger partial charge in [-0.15, -0.1) is 0 Å². The number of carbonyl (C=O) groups is 1.